The molecule has 3 aromatic carbocycles. The molecule has 4 heteroatoms. The van der Waals surface area contributed by atoms with Crippen LogP contribution in [0.4, 0.5) is 0 Å². The zero-order chi connectivity index (χ0) is 16.4. The molecule has 4 nitrogen and oxygen atoms in total. The molecule has 0 atom stereocenters. The predicted molar refractivity (Wildman–Crippen MR) is 92.0 cm³/mol. The zero-order valence-electron chi connectivity index (χ0n) is 12.8. The van der Waals surface area contributed by atoms with Gasteiger partial charge in [0.15, 0.2) is 0 Å². The first-order chi connectivity index (χ1) is 11.8. The second-order valence-corrected chi connectivity index (χ2v) is 5.47. The van der Waals surface area contributed by atoms with Crippen molar-refractivity contribution < 1.29 is 4.42 Å². The molecule has 0 saturated carbocycles. The highest BCUT2D eigenvalue weighted by Gasteiger charge is 2.12. The normalized spacial score (nSPS) is 10.6. The van der Waals surface area contributed by atoms with E-state index in [1.807, 2.05) is 54.6 Å². The lowest BCUT2D eigenvalue weighted by molar-refractivity contribution is 0.585. The maximum atomic E-state index is 8.73. The number of rotatable bonds is 3. The molecule has 0 fully saturated rings. The fourth-order valence-corrected chi connectivity index (χ4v) is 2.72. The lowest BCUT2D eigenvalue weighted by Crippen LogP contribution is -1.82. The predicted octanol–water partition coefficient (Wildman–Crippen LogP) is 4.62. The van der Waals surface area contributed by atoms with E-state index in [-0.39, 0.29) is 0 Å². The Hall–Kier alpha value is -3.45. The maximum Gasteiger partial charge on any atom is 0.248 e. The second kappa shape index (κ2) is 5.98. The van der Waals surface area contributed by atoms with Crippen LogP contribution in [0.1, 0.15) is 5.56 Å². The molecule has 24 heavy (non-hydrogen) atoms. The third kappa shape index (κ3) is 2.53. The lowest BCUT2D eigenvalue weighted by Gasteiger charge is -2.02. The summed E-state index contributed by atoms with van der Waals surface area (Å²) in [5.41, 5.74) is 2.73. The van der Waals surface area contributed by atoms with Gasteiger partial charge in [-0.05, 0) is 34.5 Å². The fraction of sp³-hybridized carbons (Fsp3) is 0.0500. The van der Waals surface area contributed by atoms with Gasteiger partial charge in [0.1, 0.15) is 0 Å². The van der Waals surface area contributed by atoms with Crippen LogP contribution in [-0.2, 0) is 6.42 Å². The van der Waals surface area contributed by atoms with Crippen molar-refractivity contribution in [2.45, 2.75) is 6.42 Å². The van der Waals surface area contributed by atoms with Crippen molar-refractivity contribution in [2.24, 2.45) is 0 Å². The first-order valence-corrected chi connectivity index (χ1v) is 7.63. The van der Waals surface area contributed by atoms with Crippen molar-refractivity contribution in [3.63, 3.8) is 0 Å². The van der Waals surface area contributed by atoms with Gasteiger partial charge in [-0.2, -0.15) is 5.26 Å². The van der Waals surface area contributed by atoms with Crippen LogP contribution >= 0.6 is 0 Å². The maximum absolute atomic E-state index is 8.73. The van der Waals surface area contributed by atoms with Gasteiger partial charge in [0, 0.05) is 11.1 Å². The molecule has 4 rings (SSSR count). The summed E-state index contributed by atoms with van der Waals surface area (Å²) < 4.78 is 5.88. The molecule has 0 N–H and O–H groups in total. The molecular weight excluding hydrogens is 298 g/mol. The minimum Gasteiger partial charge on any atom is -0.416 e. The van der Waals surface area contributed by atoms with E-state index in [0.29, 0.717) is 18.2 Å². The van der Waals surface area contributed by atoms with Crippen LogP contribution in [0.5, 0.6) is 0 Å². The minimum absolute atomic E-state index is 0.394. The molecule has 114 valence electrons. The van der Waals surface area contributed by atoms with E-state index in [2.05, 4.69) is 28.4 Å². The van der Waals surface area contributed by atoms with Crippen LogP contribution in [0, 0.1) is 11.3 Å². The van der Waals surface area contributed by atoms with Crippen molar-refractivity contribution in [2.75, 3.05) is 0 Å². The first kappa shape index (κ1) is 14.2. The van der Waals surface area contributed by atoms with Gasteiger partial charge in [0.05, 0.1) is 12.5 Å². The summed E-state index contributed by atoms with van der Waals surface area (Å²) in [5, 5.41) is 19.3. The Morgan fingerprint density at radius 3 is 2.42 bits per heavy atom. The number of fused-ring (bicyclic) bond motifs is 1. The highest BCUT2D eigenvalue weighted by molar-refractivity contribution is 5.94. The summed E-state index contributed by atoms with van der Waals surface area (Å²) in [6, 6.07) is 23.9. The minimum atomic E-state index is 0.394. The first-order valence-electron chi connectivity index (χ1n) is 7.63. The SMILES string of the molecule is N#CCc1ccc(-c2nnc(-c3cccc4ccccc34)o2)cc1. The molecular formula is C20H13N3O. The summed E-state index contributed by atoms with van der Waals surface area (Å²) >= 11 is 0. The van der Waals surface area contributed by atoms with Crippen LogP contribution in [0.3, 0.4) is 0 Å². The molecule has 4 aromatic rings. The Balaban J connectivity index is 1.73. The zero-order valence-corrected chi connectivity index (χ0v) is 12.8. The average Bonchev–Trinajstić information content (AvgIpc) is 3.12. The molecule has 1 aromatic heterocycles. The van der Waals surface area contributed by atoms with E-state index >= 15 is 0 Å². The van der Waals surface area contributed by atoms with Crippen LogP contribution in [0.25, 0.3) is 33.7 Å². The van der Waals surface area contributed by atoms with Crippen LogP contribution in [0.15, 0.2) is 71.1 Å². The highest BCUT2D eigenvalue weighted by atomic mass is 16.4. The molecule has 0 spiro atoms. The summed E-state index contributed by atoms with van der Waals surface area (Å²) in [7, 11) is 0. The number of nitriles is 1. The van der Waals surface area contributed by atoms with Gasteiger partial charge in [-0.3, -0.25) is 0 Å². The number of nitrogens with zero attached hydrogens (tertiary/aromatic N) is 3. The second-order valence-electron chi connectivity index (χ2n) is 5.47. The molecule has 1 heterocycles. The van der Waals surface area contributed by atoms with Crippen LogP contribution in [-0.4, -0.2) is 10.2 Å². The van der Waals surface area contributed by atoms with Crippen molar-refractivity contribution in [3.8, 4) is 29.0 Å². The monoisotopic (exact) mass is 311 g/mol. The molecule has 0 radical (unpaired) electrons. The van der Waals surface area contributed by atoms with Crippen molar-refractivity contribution in [1.29, 1.82) is 5.26 Å². The third-order valence-corrected chi connectivity index (χ3v) is 3.93. The summed E-state index contributed by atoms with van der Waals surface area (Å²) in [6.07, 6.45) is 0.394. The Labute approximate surface area is 139 Å². The number of aromatic nitrogens is 2. The molecule has 0 unspecified atom stereocenters. The number of hydrogen-bond acceptors (Lipinski definition) is 4. The fourth-order valence-electron chi connectivity index (χ4n) is 2.72. The van der Waals surface area contributed by atoms with E-state index in [0.717, 1.165) is 27.5 Å². The average molecular weight is 311 g/mol. The third-order valence-electron chi connectivity index (χ3n) is 3.93. The van der Waals surface area contributed by atoms with E-state index in [1.165, 1.54) is 0 Å². The van der Waals surface area contributed by atoms with E-state index < -0.39 is 0 Å². The van der Waals surface area contributed by atoms with Crippen LogP contribution in [0.2, 0.25) is 0 Å². The standard InChI is InChI=1S/C20H13N3O/c21-13-12-14-8-10-16(11-9-14)19-22-23-20(24-19)18-7-3-5-15-4-1-2-6-17(15)18/h1-11H,12H2. The van der Waals surface area contributed by atoms with Crippen molar-refractivity contribution in [3.05, 3.63) is 72.3 Å². The molecule has 0 aliphatic rings. The molecule has 0 aliphatic carbocycles. The highest BCUT2D eigenvalue weighted by Crippen LogP contribution is 2.29. The smallest absolute Gasteiger partial charge is 0.248 e. The van der Waals surface area contributed by atoms with E-state index in [4.69, 9.17) is 9.68 Å². The molecule has 0 amide bonds. The number of benzene rings is 3. The lowest BCUT2D eigenvalue weighted by atomic mass is 10.0. The van der Waals surface area contributed by atoms with E-state index in [1.54, 1.807) is 0 Å². The quantitative estimate of drug-likeness (QED) is 0.553. The largest absolute Gasteiger partial charge is 0.416 e. The summed E-state index contributed by atoms with van der Waals surface area (Å²) in [4.78, 5) is 0. The Morgan fingerprint density at radius 1 is 0.833 bits per heavy atom. The Kier molecular flexibility index (Phi) is 3.53. The van der Waals surface area contributed by atoms with Gasteiger partial charge in [-0.25, -0.2) is 0 Å². The van der Waals surface area contributed by atoms with Crippen molar-refractivity contribution >= 4 is 10.8 Å². The van der Waals surface area contributed by atoms with E-state index in [9.17, 15) is 0 Å². The molecule has 0 aliphatic heterocycles. The Morgan fingerprint density at radius 2 is 1.58 bits per heavy atom. The van der Waals surface area contributed by atoms with Crippen LogP contribution < -0.4 is 0 Å². The topological polar surface area (TPSA) is 62.7 Å². The van der Waals surface area contributed by atoms with Gasteiger partial charge in [-0.15, -0.1) is 10.2 Å². The Bertz CT molecular complexity index is 1040. The van der Waals surface area contributed by atoms with Gasteiger partial charge in [0.2, 0.25) is 11.8 Å². The molecule has 0 bridgehead atoms. The summed E-state index contributed by atoms with van der Waals surface area (Å²) in [6.45, 7) is 0. The van der Waals surface area contributed by atoms with Crippen molar-refractivity contribution in [1.82, 2.24) is 10.2 Å². The van der Waals surface area contributed by atoms with Gasteiger partial charge in [-0.1, -0.05) is 48.5 Å². The number of hydrogen-bond donors (Lipinski definition) is 0. The summed E-state index contributed by atoms with van der Waals surface area (Å²) in [5.74, 6) is 0.976. The van der Waals surface area contributed by atoms with Gasteiger partial charge < -0.3 is 4.42 Å². The van der Waals surface area contributed by atoms with Gasteiger partial charge >= 0.3 is 0 Å². The molecule has 0 saturated heterocycles. The van der Waals surface area contributed by atoms with Gasteiger partial charge in [0.25, 0.3) is 0 Å².